The fraction of sp³-hybridized carbons (Fsp3) is 0.619. The Balaban J connectivity index is 0.000000339. The third-order valence-electron chi connectivity index (χ3n) is 5.84. The number of morpholine rings is 1. The Labute approximate surface area is 177 Å². The molecule has 3 fully saturated rings. The van der Waals surface area contributed by atoms with E-state index < -0.39 is 12.1 Å². The lowest BCUT2D eigenvalue weighted by atomic mass is 9.89. The molecule has 1 aliphatic carbocycles. The standard InChI is InChI=1S/C19H25FN2O2.C2HF3O2/c20-17-5-3-15(4-6-17)11-21-9-7-19(8-10-21)14-22(12-16-1-2-16)18(23)13-24-19;3-2(4,5)1(6)7/h3-6,16H,1-2,7-14H2;(H,6,7). The summed E-state index contributed by atoms with van der Waals surface area (Å²) in [7, 11) is 0. The molecule has 0 aromatic heterocycles. The smallest absolute Gasteiger partial charge is 0.475 e. The predicted molar refractivity (Wildman–Crippen MR) is 103 cm³/mol. The number of benzene rings is 1. The van der Waals surface area contributed by atoms with Gasteiger partial charge in [0.15, 0.2) is 0 Å². The number of carbonyl (C=O) groups is 2. The normalized spacial score (nSPS) is 21.5. The number of carbonyl (C=O) groups excluding carboxylic acids is 1. The van der Waals surface area contributed by atoms with Gasteiger partial charge in [0, 0.05) is 32.7 Å². The van der Waals surface area contributed by atoms with E-state index in [-0.39, 0.29) is 23.9 Å². The van der Waals surface area contributed by atoms with Gasteiger partial charge in [-0.15, -0.1) is 0 Å². The summed E-state index contributed by atoms with van der Waals surface area (Å²) in [6.07, 6.45) is -0.628. The molecule has 0 radical (unpaired) electrons. The number of alkyl halides is 3. The van der Waals surface area contributed by atoms with Crippen LogP contribution in [0.4, 0.5) is 17.6 Å². The number of piperidine rings is 1. The topological polar surface area (TPSA) is 70.1 Å². The molecule has 172 valence electrons. The van der Waals surface area contributed by atoms with Gasteiger partial charge in [0.1, 0.15) is 12.4 Å². The average molecular weight is 446 g/mol. The van der Waals surface area contributed by atoms with Gasteiger partial charge in [0.05, 0.1) is 5.60 Å². The minimum atomic E-state index is -5.08. The van der Waals surface area contributed by atoms with Crippen molar-refractivity contribution in [3.63, 3.8) is 0 Å². The summed E-state index contributed by atoms with van der Waals surface area (Å²) >= 11 is 0. The number of amides is 1. The lowest BCUT2D eigenvalue weighted by molar-refractivity contribution is -0.192. The molecule has 1 spiro atoms. The van der Waals surface area contributed by atoms with Crippen LogP contribution < -0.4 is 0 Å². The fourth-order valence-electron chi connectivity index (χ4n) is 3.84. The highest BCUT2D eigenvalue weighted by Gasteiger charge is 2.43. The largest absolute Gasteiger partial charge is 0.490 e. The number of rotatable bonds is 4. The minimum Gasteiger partial charge on any atom is -0.475 e. The Hall–Kier alpha value is -2.20. The van der Waals surface area contributed by atoms with E-state index >= 15 is 0 Å². The molecular weight excluding hydrogens is 420 g/mol. The van der Waals surface area contributed by atoms with Crippen molar-refractivity contribution in [2.75, 3.05) is 32.8 Å². The first-order valence-electron chi connectivity index (χ1n) is 10.2. The summed E-state index contributed by atoms with van der Waals surface area (Å²) in [4.78, 5) is 25.4. The Bertz CT molecular complexity index is 773. The van der Waals surface area contributed by atoms with Gasteiger partial charge in [0.25, 0.3) is 0 Å². The first kappa shape index (κ1) is 23.5. The summed E-state index contributed by atoms with van der Waals surface area (Å²) in [5.74, 6) is -2.07. The Morgan fingerprint density at radius 3 is 2.26 bits per heavy atom. The molecule has 10 heteroatoms. The molecule has 2 saturated heterocycles. The van der Waals surface area contributed by atoms with Crippen molar-refractivity contribution in [2.45, 2.75) is 44.0 Å². The lowest BCUT2D eigenvalue weighted by Gasteiger charge is -2.47. The number of ether oxygens (including phenoxy) is 1. The maximum atomic E-state index is 13.0. The van der Waals surface area contributed by atoms with E-state index in [1.807, 2.05) is 17.0 Å². The van der Waals surface area contributed by atoms with Gasteiger partial charge in [0.2, 0.25) is 5.91 Å². The molecule has 1 N–H and O–H groups in total. The van der Waals surface area contributed by atoms with Crippen molar-refractivity contribution < 1.29 is 37.0 Å². The summed E-state index contributed by atoms with van der Waals surface area (Å²) in [6.45, 7) is 4.69. The molecule has 0 unspecified atom stereocenters. The third-order valence-corrected chi connectivity index (χ3v) is 5.84. The molecule has 31 heavy (non-hydrogen) atoms. The second-order valence-electron chi connectivity index (χ2n) is 8.39. The minimum absolute atomic E-state index is 0.151. The van der Waals surface area contributed by atoms with Crippen LogP contribution in [-0.4, -0.2) is 71.3 Å². The van der Waals surface area contributed by atoms with Gasteiger partial charge in [-0.2, -0.15) is 13.2 Å². The van der Waals surface area contributed by atoms with Crippen molar-refractivity contribution in [3.8, 4) is 0 Å². The zero-order valence-electron chi connectivity index (χ0n) is 17.0. The van der Waals surface area contributed by atoms with Crippen LogP contribution >= 0.6 is 0 Å². The first-order chi connectivity index (χ1) is 14.6. The summed E-state index contributed by atoms with van der Waals surface area (Å²) in [5, 5.41) is 7.12. The van der Waals surface area contributed by atoms with E-state index in [2.05, 4.69) is 4.90 Å². The van der Waals surface area contributed by atoms with Crippen LogP contribution in [0.5, 0.6) is 0 Å². The first-order valence-corrected chi connectivity index (χ1v) is 10.2. The van der Waals surface area contributed by atoms with E-state index in [1.165, 1.54) is 25.0 Å². The van der Waals surface area contributed by atoms with Gasteiger partial charge in [-0.25, -0.2) is 9.18 Å². The van der Waals surface area contributed by atoms with Crippen LogP contribution in [-0.2, 0) is 20.9 Å². The fourth-order valence-corrected chi connectivity index (χ4v) is 3.84. The van der Waals surface area contributed by atoms with E-state index in [1.54, 1.807) is 0 Å². The van der Waals surface area contributed by atoms with Crippen LogP contribution in [0.2, 0.25) is 0 Å². The van der Waals surface area contributed by atoms with Gasteiger partial charge in [-0.05, 0) is 49.3 Å². The van der Waals surface area contributed by atoms with E-state index in [0.717, 1.165) is 57.0 Å². The van der Waals surface area contributed by atoms with Crippen LogP contribution in [0.15, 0.2) is 24.3 Å². The molecule has 4 rings (SSSR count). The highest BCUT2D eigenvalue weighted by molar-refractivity contribution is 5.78. The number of carboxylic acids is 1. The van der Waals surface area contributed by atoms with E-state index in [4.69, 9.17) is 14.6 Å². The second kappa shape index (κ2) is 9.52. The Morgan fingerprint density at radius 1 is 1.16 bits per heavy atom. The predicted octanol–water partition coefficient (Wildman–Crippen LogP) is 3.06. The molecule has 1 aromatic rings. The van der Waals surface area contributed by atoms with Gasteiger partial charge < -0.3 is 14.7 Å². The molecule has 0 bridgehead atoms. The number of aliphatic carboxylic acids is 1. The monoisotopic (exact) mass is 446 g/mol. The highest BCUT2D eigenvalue weighted by atomic mass is 19.4. The lowest BCUT2D eigenvalue weighted by Crippen LogP contribution is -2.58. The number of hydrogen-bond acceptors (Lipinski definition) is 4. The van der Waals surface area contributed by atoms with Crippen molar-refractivity contribution in [1.29, 1.82) is 0 Å². The van der Waals surface area contributed by atoms with Crippen molar-refractivity contribution in [2.24, 2.45) is 5.92 Å². The van der Waals surface area contributed by atoms with Crippen LogP contribution in [0.3, 0.4) is 0 Å². The van der Waals surface area contributed by atoms with Crippen molar-refractivity contribution >= 4 is 11.9 Å². The molecule has 6 nitrogen and oxygen atoms in total. The third kappa shape index (κ3) is 6.90. The number of likely N-dealkylation sites (tertiary alicyclic amines) is 1. The molecule has 3 aliphatic rings. The quantitative estimate of drug-likeness (QED) is 0.720. The van der Waals surface area contributed by atoms with Crippen molar-refractivity contribution in [1.82, 2.24) is 9.80 Å². The maximum absolute atomic E-state index is 13.0. The number of nitrogens with zero attached hydrogens (tertiary/aromatic N) is 2. The van der Waals surface area contributed by atoms with Crippen LogP contribution in [0.25, 0.3) is 0 Å². The maximum Gasteiger partial charge on any atom is 0.490 e. The van der Waals surface area contributed by atoms with Gasteiger partial charge >= 0.3 is 12.1 Å². The number of carboxylic acid groups (broad SMARTS) is 1. The molecule has 0 atom stereocenters. The molecule has 2 heterocycles. The molecule has 1 aromatic carbocycles. The van der Waals surface area contributed by atoms with E-state index in [9.17, 15) is 22.4 Å². The zero-order valence-corrected chi connectivity index (χ0v) is 17.0. The molecule has 1 amide bonds. The second-order valence-corrected chi connectivity index (χ2v) is 8.39. The average Bonchev–Trinajstić information content (AvgIpc) is 3.52. The van der Waals surface area contributed by atoms with Gasteiger partial charge in [-0.3, -0.25) is 9.69 Å². The molecular formula is C21H26F4N2O4. The van der Waals surface area contributed by atoms with E-state index in [0.29, 0.717) is 0 Å². The number of halogens is 4. The summed E-state index contributed by atoms with van der Waals surface area (Å²) < 4.78 is 50.7. The zero-order chi connectivity index (χ0) is 22.6. The summed E-state index contributed by atoms with van der Waals surface area (Å²) in [6, 6.07) is 6.75. The molecule has 2 aliphatic heterocycles. The summed E-state index contributed by atoms with van der Waals surface area (Å²) in [5.41, 5.74) is 0.990. The Kier molecular flexibility index (Phi) is 7.20. The van der Waals surface area contributed by atoms with Crippen LogP contribution in [0.1, 0.15) is 31.2 Å². The SMILES string of the molecule is O=C(O)C(F)(F)F.O=C1COC2(CCN(Cc3ccc(F)cc3)CC2)CN1CC1CC1. The Morgan fingerprint density at radius 2 is 1.74 bits per heavy atom. The number of hydrogen-bond donors (Lipinski definition) is 1. The highest BCUT2D eigenvalue weighted by Crippen LogP contribution is 2.35. The van der Waals surface area contributed by atoms with Crippen molar-refractivity contribution in [3.05, 3.63) is 35.6 Å². The van der Waals surface area contributed by atoms with Crippen LogP contribution in [0, 0.1) is 11.7 Å². The molecule has 1 saturated carbocycles. The van der Waals surface area contributed by atoms with Gasteiger partial charge in [-0.1, -0.05) is 12.1 Å².